The summed E-state index contributed by atoms with van der Waals surface area (Å²) in [4.78, 5) is 0. The van der Waals surface area contributed by atoms with Crippen LogP contribution >= 0.6 is 12.2 Å². The third-order valence-corrected chi connectivity index (χ3v) is 2.44. The molecular weight excluding hydrogens is 198 g/mol. The number of nitrogens with zero attached hydrogens (tertiary/aromatic N) is 1. The van der Waals surface area contributed by atoms with E-state index in [1.54, 1.807) is 7.05 Å². The van der Waals surface area contributed by atoms with Gasteiger partial charge in [-0.15, -0.1) is 0 Å². The smallest absolute Gasteiger partial charge is 0.135 e. The third-order valence-electron chi connectivity index (χ3n) is 1.77. The van der Waals surface area contributed by atoms with Crippen LogP contribution in [0.5, 0.6) is 0 Å². The molecule has 0 radical (unpaired) electrons. The van der Waals surface area contributed by atoms with Gasteiger partial charge in [-0.2, -0.15) is 5.48 Å². The number of hydroxylamine groups is 1. The Morgan fingerprint density at radius 2 is 2.07 bits per heavy atom. The van der Waals surface area contributed by atoms with Crippen LogP contribution in [0.4, 0.5) is 5.69 Å². The first-order valence-corrected chi connectivity index (χ1v) is 5.01. The predicted octanol–water partition coefficient (Wildman–Crippen LogP) is 1.30. The van der Waals surface area contributed by atoms with Gasteiger partial charge in [0.25, 0.3) is 0 Å². The van der Waals surface area contributed by atoms with Crippen molar-refractivity contribution in [3.8, 4) is 0 Å². The summed E-state index contributed by atoms with van der Waals surface area (Å²) in [5.41, 5.74) is 10.3. The molecule has 5 heteroatoms. The van der Waals surface area contributed by atoms with Gasteiger partial charge >= 0.3 is 0 Å². The highest BCUT2D eigenvalue weighted by molar-refractivity contribution is 7.96. The fourth-order valence-corrected chi connectivity index (χ4v) is 1.37. The maximum Gasteiger partial charge on any atom is 0.135 e. The van der Waals surface area contributed by atoms with Crippen LogP contribution in [-0.2, 0) is 10.8 Å². The molecule has 0 aliphatic carbocycles. The first-order chi connectivity index (χ1) is 6.77. The van der Waals surface area contributed by atoms with E-state index in [9.17, 15) is 0 Å². The van der Waals surface area contributed by atoms with E-state index in [0.29, 0.717) is 6.54 Å². The summed E-state index contributed by atoms with van der Waals surface area (Å²) in [6.45, 7) is 0.574. The monoisotopic (exact) mass is 213 g/mol. The molecule has 1 aromatic carbocycles. The average molecular weight is 213 g/mol. The molecule has 0 heterocycles. The fourth-order valence-electron chi connectivity index (χ4n) is 0.978. The Labute approximate surface area is 88.7 Å². The van der Waals surface area contributed by atoms with E-state index in [-0.39, 0.29) is 0 Å². The van der Waals surface area contributed by atoms with Crippen LogP contribution in [0.2, 0.25) is 0 Å². The van der Waals surface area contributed by atoms with Crippen LogP contribution in [0.1, 0.15) is 5.56 Å². The van der Waals surface area contributed by atoms with E-state index in [0.717, 1.165) is 11.3 Å². The van der Waals surface area contributed by atoms with Crippen LogP contribution in [0.15, 0.2) is 24.3 Å². The molecule has 0 aromatic heterocycles. The Hall–Kier alpha value is -0.750. The lowest BCUT2D eigenvalue weighted by molar-refractivity contribution is 0.271. The van der Waals surface area contributed by atoms with Crippen molar-refractivity contribution in [1.29, 1.82) is 0 Å². The molecule has 0 bridgehead atoms. The minimum Gasteiger partial charge on any atom is -0.326 e. The van der Waals surface area contributed by atoms with Gasteiger partial charge < -0.3 is 5.73 Å². The van der Waals surface area contributed by atoms with E-state index < -0.39 is 0 Å². The highest BCUT2D eigenvalue weighted by atomic mass is 32.2. The number of nitrogens with two attached hydrogens (primary N) is 1. The van der Waals surface area contributed by atoms with E-state index in [2.05, 4.69) is 5.48 Å². The Balaban J connectivity index is 2.57. The lowest BCUT2D eigenvalue weighted by atomic mass is 10.2. The zero-order valence-electron chi connectivity index (χ0n) is 8.36. The van der Waals surface area contributed by atoms with Gasteiger partial charge in [-0.1, -0.05) is 12.1 Å². The second-order valence-corrected chi connectivity index (χ2v) is 3.59. The van der Waals surface area contributed by atoms with Crippen LogP contribution in [0.25, 0.3) is 0 Å². The van der Waals surface area contributed by atoms with E-state index >= 15 is 0 Å². The maximum absolute atomic E-state index is 5.50. The van der Waals surface area contributed by atoms with Gasteiger partial charge in [-0.05, 0) is 17.7 Å². The number of hydrogen-bond acceptors (Lipinski definition) is 5. The normalized spacial score (nSPS) is 10.2. The highest BCUT2D eigenvalue weighted by Crippen LogP contribution is 2.20. The van der Waals surface area contributed by atoms with Crippen LogP contribution in [0, 0.1) is 0 Å². The molecule has 3 N–H and O–H groups in total. The number of rotatable bonds is 5. The van der Waals surface area contributed by atoms with Gasteiger partial charge in [-0.25, -0.2) is 4.28 Å². The average Bonchev–Trinajstić information content (AvgIpc) is 2.26. The van der Waals surface area contributed by atoms with Gasteiger partial charge in [0.2, 0.25) is 0 Å². The van der Waals surface area contributed by atoms with Crippen molar-refractivity contribution in [2.75, 3.05) is 18.4 Å². The summed E-state index contributed by atoms with van der Waals surface area (Å²) in [6.07, 6.45) is 0. The molecule has 0 amide bonds. The number of nitrogens with one attached hydrogen (secondary N) is 1. The first kappa shape index (κ1) is 11.3. The van der Waals surface area contributed by atoms with Gasteiger partial charge in [-0.3, -0.25) is 4.31 Å². The van der Waals surface area contributed by atoms with Crippen molar-refractivity contribution in [3.63, 3.8) is 0 Å². The van der Waals surface area contributed by atoms with Gasteiger partial charge in [0.05, 0.1) is 0 Å². The van der Waals surface area contributed by atoms with Crippen molar-refractivity contribution < 1.29 is 4.28 Å². The molecule has 0 fully saturated rings. The summed E-state index contributed by atoms with van der Waals surface area (Å²) in [5.74, 6) is 0. The largest absolute Gasteiger partial charge is 0.326 e. The number of anilines is 1. The molecule has 0 aliphatic rings. The summed E-state index contributed by atoms with van der Waals surface area (Å²) in [7, 11) is 3.65. The van der Waals surface area contributed by atoms with E-state index in [4.69, 9.17) is 10.0 Å². The minimum absolute atomic E-state index is 0.574. The Bertz CT molecular complexity index is 265. The molecule has 0 spiro atoms. The SMILES string of the molecule is CNOSN(C)c1ccc(CN)cc1. The second-order valence-electron chi connectivity index (χ2n) is 2.73. The first-order valence-electron chi connectivity index (χ1n) is 4.31. The van der Waals surface area contributed by atoms with Crippen LogP contribution in [-0.4, -0.2) is 14.1 Å². The summed E-state index contributed by atoms with van der Waals surface area (Å²) in [6, 6.07) is 8.03. The Morgan fingerprint density at radius 1 is 1.43 bits per heavy atom. The molecule has 0 unspecified atom stereocenters. The summed E-state index contributed by atoms with van der Waals surface area (Å²) >= 11 is 1.23. The molecule has 1 aromatic rings. The number of benzene rings is 1. The summed E-state index contributed by atoms with van der Waals surface area (Å²) in [5, 5.41) is 0. The van der Waals surface area contributed by atoms with Gasteiger partial charge in [0.15, 0.2) is 0 Å². The predicted molar refractivity (Wildman–Crippen MR) is 60.5 cm³/mol. The lowest BCUT2D eigenvalue weighted by Gasteiger charge is -2.15. The van der Waals surface area contributed by atoms with E-state index in [1.807, 2.05) is 35.6 Å². The lowest BCUT2D eigenvalue weighted by Crippen LogP contribution is -2.11. The summed E-state index contributed by atoms with van der Waals surface area (Å²) < 4.78 is 6.89. The molecule has 0 aliphatic heterocycles. The van der Waals surface area contributed by atoms with Crippen molar-refractivity contribution in [3.05, 3.63) is 29.8 Å². The van der Waals surface area contributed by atoms with Crippen LogP contribution < -0.4 is 15.5 Å². The highest BCUT2D eigenvalue weighted by Gasteiger charge is 2.01. The molecule has 78 valence electrons. The fraction of sp³-hybridized carbons (Fsp3) is 0.333. The maximum atomic E-state index is 5.50. The van der Waals surface area contributed by atoms with Crippen molar-refractivity contribution in [1.82, 2.24) is 5.48 Å². The van der Waals surface area contributed by atoms with Gasteiger partial charge in [0, 0.05) is 26.3 Å². The number of hydrogen-bond donors (Lipinski definition) is 2. The molecular formula is C9H15N3OS. The Kier molecular flexibility index (Phi) is 4.75. The topological polar surface area (TPSA) is 50.5 Å². The molecule has 0 saturated heterocycles. The third kappa shape index (κ3) is 3.19. The Morgan fingerprint density at radius 3 is 2.57 bits per heavy atom. The molecule has 0 saturated carbocycles. The molecule has 1 rings (SSSR count). The quantitative estimate of drug-likeness (QED) is 0.438. The zero-order chi connectivity index (χ0) is 10.4. The van der Waals surface area contributed by atoms with Gasteiger partial charge in [0.1, 0.15) is 12.2 Å². The molecule has 4 nitrogen and oxygen atoms in total. The zero-order valence-corrected chi connectivity index (χ0v) is 9.17. The van der Waals surface area contributed by atoms with Crippen molar-refractivity contribution in [2.24, 2.45) is 5.73 Å². The standard InChI is InChI=1S/C9H15N3OS/c1-11-13-14-12(2)9-5-3-8(7-10)4-6-9/h3-6,11H,7,10H2,1-2H3. The van der Waals surface area contributed by atoms with Crippen molar-refractivity contribution in [2.45, 2.75) is 6.54 Å². The van der Waals surface area contributed by atoms with Crippen molar-refractivity contribution >= 4 is 17.9 Å². The molecule has 0 atom stereocenters. The van der Waals surface area contributed by atoms with Crippen LogP contribution in [0.3, 0.4) is 0 Å². The minimum atomic E-state index is 0.574. The van der Waals surface area contributed by atoms with E-state index in [1.165, 1.54) is 12.2 Å². The second kappa shape index (κ2) is 5.87. The molecule has 14 heavy (non-hydrogen) atoms.